The molecule has 0 spiro atoms. The van der Waals surface area contributed by atoms with Gasteiger partial charge in [0.25, 0.3) is 0 Å². The van der Waals surface area contributed by atoms with Crippen molar-refractivity contribution >= 4 is 28.2 Å². The highest BCUT2D eigenvalue weighted by Crippen LogP contribution is 2.34. The first-order chi connectivity index (χ1) is 17.0. The van der Waals surface area contributed by atoms with Crippen LogP contribution in [0.1, 0.15) is 13.8 Å². The number of nitrogens with zero attached hydrogens (tertiary/aromatic N) is 4. The third kappa shape index (κ3) is 5.32. The summed E-state index contributed by atoms with van der Waals surface area (Å²) in [6.07, 6.45) is 3.66. The van der Waals surface area contributed by atoms with Crippen molar-refractivity contribution in [1.82, 2.24) is 25.0 Å². The minimum absolute atomic E-state index is 0.359. The van der Waals surface area contributed by atoms with Gasteiger partial charge in [0.15, 0.2) is 0 Å². The molecule has 1 saturated heterocycles. The Kier molecular flexibility index (Phi) is 7.00. The molecule has 8 heteroatoms. The van der Waals surface area contributed by atoms with Crippen molar-refractivity contribution in [3.05, 3.63) is 65.7 Å². The van der Waals surface area contributed by atoms with Gasteiger partial charge in [0.2, 0.25) is 0 Å². The van der Waals surface area contributed by atoms with Gasteiger partial charge in [-0.15, -0.1) is 0 Å². The SMILES string of the molecule is CC(C)N1CCN(CCNc2cnc3ccc(-c4c[nH]nc4-c4cc(Cl)ccc4F)cc3c2)CC1. The Bertz CT molecular complexity index is 1310. The predicted molar refractivity (Wildman–Crippen MR) is 141 cm³/mol. The molecule has 0 atom stereocenters. The van der Waals surface area contributed by atoms with E-state index in [1.807, 2.05) is 18.3 Å². The first kappa shape index (κ1) is 23.7. The molecule has 1 aliphatic heterocycles. The molecular weight excluding hydrogens is 463 g/mol. The van der Waals surface area contributed by atoms with Gasteiger partial charge in [0.1, 0.15) is 11.5 Å². The second-order valence-electron chi connectivity index (χ2n) is 9.30. The number of rotatable bonds is 7. The topological polar surface area (TPSA) is 60.1 Å². The molecule has 4 aromatic rings. The zero-order chi connectivity index (χ0) is 24.4. The maximum atomic E-state index is 14.5. The smallest absolute Gasteiger partial charge is 0.132 e. The van der Waals surface area contributed by atoms with Gasteiger partial charge in [0, 0.05) is 73.0 Å². The summed E-state index contributed by atoms with van der Waals surface area (Å²) in [6, 6.07) is 13.3. The third-order valence-corrected chi connectivity index (χ3v) is 6.95. The zero-order valence-electron chi connectivity index (χ0n) is 20.1. The first-order valence-electron chi connectivity index (χ1n) is 12.1. The Morgan fingerprint density at radius 3 is 2.69 bits per heavy atom. The lowest BCUT2D eigenvalue weighted by Gasteiger charge is -2.36. The van der Waals surface area contributed by atoms with Crippen molar-refractivity contribution in [2.45, 2.75) is 19.9 Å². The number of aromatic nitrogens is 3. The van der Waals surface area contributed by atoms with Crippen LogP contribution in [0, 0.1) is 5.82 Å². The van der Waals surface area contributed by atoms with Crippen molar-refractivity contribution < 1.29 is 4.39 Å². The highest BCUT2D eigenvalue weighted by molar-refractivity contribution is 6.30. The summed E-state index contributed by atoms with van der Waals surface area (Å²) in [7, 11) is 0. The number of benzene rings is 2. The van der Waals surface area contributed by atoms with Gasteiger partial charge < -0.3 is 5.32 Å². The van der Waals surface area contributed by atoms with Gasteiger partial charge in [-0.25, -0.2) is 4.39 Å². The molecular formula is C27H30ClFN6. The number of nitrogens with one attached hydrogen (secondary N) is 2. The van der Waals surface area contributed by atoms with Gasteiger partial charge in [0.05, 0.1) is 17.4 Å². The standard InChI is InChI=1S/C27H30ClFN6/c1-18(2)35-11-9-34(10-12-35)8-7-30-22-14-20-13-19(3-6-26(20)31-16-22)24-17-32-33-27(24)23-15-21(28)4-5-25(23)29/h3-6,13-18,30H,7-12H2,1-2H3,(H,32,33). The lowest BCUT2D eigenvalue weighted by molar-refractivity contribution is 0.111. The maximum Gasteiger partial charge on any atom is 0.132 e. The summed E-state index contributed by atoms with van der Waals surface area (Å²) in [5, 5.41) is 12.2. The van der Waals surface area contributed by atoms with E-state index in [1.54, 1.807) is 12.3 Å². The minimum Gasteiger partial charge on any atom is -0.382 e. The van der Waals surface area contributed by atoms with Crippen LogP contribution in [0.3, 0.4) is 0 Å². The number of halogens is 2. The monoisotopic (exact) mass is 492 g/mol. The van der Waals surface area contributed by atoms with E-state index in [2.05, 4.69) is 56.3 Å². The van der Waals surface area contributed by atoms with Crippen molar-refractivity contribution in [2.24, 2.45) is 0 Å². The number of anilines is 1. The van der Waals surface area contributed by atoms with Crippen molar-refractivity contribution in [3.63, 3.8) is 0 Å². The van der Waals surface area contributed by atoms with Crippen LogP contribution in [0.5, 0.6) is 0 Å². The van der Waals surface area contributed by atoms with Crippen LogP contribution < -0.4 is 5.32 Å². The average molecular weight is 493 g/mol. The summed E-state index contributed by atoms with van der Waals surface area (Å²) < 4.78 is 14.5. The molecule has 1 fully saturated rings. The number of hydrogen-bond donors (Lipinski definition) is 2. The lowest BCUT2D eigenvalue weighted by Crippen LogP contribution is -2.49. The van der Waals surface area contributed by atoms with Crippen molar-refractivity contribution in [3.8, 4) is 22.4 Å². The fourth-order valence-electron chi connectivity index (χ4n) is 4.65. The summed E-state index contributed by atoms with van der Waals surface area (Å²) in [5.41, 5.74) is 4.54. The molecule has 182 valence electrons. The Hall–Kier alpha value is -3.00. The average Bonchev–Trinajstić information content (AvgIpc) is 3.35. The second-order valence-corrected chi connectivity index (χ2v) is 9.74. The largest absolute Gasteiger partial charge is 0.382 e. The van der Waals surface area contributed by atoms with Gasteiger partial charge >= 0.3 is 0 Å². The van der Waals surface area contributed by atoms with E-state index in [0.29, 0.717) is 22.3 Å². The molecule has 0 saturated carbocycles. The molecule has 2 aromatic carbocycles. The summed E-state index contributed by atoms with van der Waals surface area (Å²) >= 11 is 6.11. The van der Waals surface area contributed by atoms with Crippen molar-refractivity contribution in [1.29, 1.82) is 0 Å². The molecule has 1 aliphatic rings. The van der Waals surface area contributed by atoms with E-state index < -0.39 is 0 Å². The van der Waals surface area contributed by atoms with E-state index in [1.165, 1.54) is 12.1 Å². The molecule has 2 N–H and O–H groups in total. The molecule has 2 aromatic heterocycles. The molecule has 35 heavy (non-hydrogen) atoms. The minimum atomic E-state index is -0.359. The van der Waals surface area contributed by atoms with E-state index in [-0.39, 0.29) is 5.82 Å². The Morgan fingerprint density at radius 2 is 1.89 bits per heavy atom. The summed E-state index contributed by atoms with van der Waals surface area (Å²) in [5.74, 6) is -0.359. The van der Waals surface area contributed by atoms with E-state index in [9.17, 15) is 4.39 Å². The van der Waals surface area contributed by atoms with Gasteiger partial charge in [-0.05, 0) is 55.8 Å². The van der Waals surface area contributed by atoms with Crippen LogP contribution in [0.15, 0.2) is 54.9 Å². The Morgan fingerprint density at radius 1 is 1.06 bits per heavy atom. The molecule has 3 heterocycles. The van der Waals surface area contributed by atoms with Crippen LogP contribution >= 0.6 is 11.6 Å². The van der Waals surface area contributed by atoms with E-state index in [4.69, 9.17) is 11.6 Å². The highest BCUT2D eigenvalue weighted by atomic mass is 35.5. The fourth-order valence-corrected chi connectivity index (χ4v) is 4.82. The molecule has 6 nitrogen and oxygen atoms in total. The van der Waals surface area contributed by atoms with Crippen LogP contribution in [-0.2, 0) is 0 Å². The third-order valence-electron chi connectivity index (χ3n) is 6.71. The Labute approximate surface area is 210 Å². The number of pyridine rings is 1. The molecule has 0 amide bonds. The number of aromatic amines is 1. The number of fused-ring (bicyclic) bond motifs is 1. The molecule has 0 aliphatic carbocycles. The van der Waals surface area contributed by atoms with Crippen LogP contribution in [0.2, 0.25) is 5.02 Å². The molecule has 5 rings (SSSR count). The maximum absolute atomic E-state index is 14.5. The predicted octanol–water partition coefficient (Wildman–Crippen LogP) is 5.52. The molecule has 0 radical (unpaired) electrons. The van der Waals surface area contributed by atoms with Crippen LogP contribution in [0.4, 0.5) is 10.1 Å². The van der Waals surface area contributed by atoms with Crippen LogP contribution in [0.25, 0.3) is 33.3 Å². The number of piperazine rings is 1. The highest BCUT2D eigenvalue weighted by Gasteiger charge is 2.18. The van der Waals surface area contributed by atoms with Gasteiger partial charge in [-0.2, -0.15) is 5.10 Å². The Balaban J connectivity index is 1.30. The van der Waals surface area contributed by atoms with E-state index >= 15 is 0 Å². The molecule has 0 bridgehead atoms. The van der Waals surface area contributed by atoms with Gasteiger partial charge in [-0.1, -0.05) is 17.7 Å². The van der Waals surface area contributed by atoms with Crippen molar-refractivity contribution in [2.75, 3.05) is 44.6 Å². The van der Waals surface area contributed by atoms with E-state index in [0.717, 1.165) is 67.0 Å². The molecule has 0 unspecified atom stereocenters. The number of hydrogen-bond acceptors (Lipinski definition) is 5. The number of H-pyrrole nitrogens is 1. The second kappa shape index (κ2) is 10.3. The fraction of sp³-hybridized carbons (Fsp3) is 0.333. The quantitative estimate of drug-likeness (QED) is 0.355. The zero-order valence-corrected chi connectivity index (χ0v) is 20.8. The van der Waals surface area contributed by atoms with Crippen LogP contribution in [-0.4, -0.2) is 70.3 Å². The first-order valence-corrected chi connectivity index (χ1v) is 12.5. The van der Waals surface area contributed by atoms with Gasteiger partial charge in [-0.3, -0.25) is 19.9 Å². The summed E-state index contributed by atoms with van der Waals surface area (Å²) in [6.45, 7) is 10.9. The summed E-state index contributed by atoms with van der Waals surface area (Å²) in [4.78, 5) is 9.66. The lowest BCUT2D eigenvalue weighted by atomic mass is 10.00. The normalized spacial score (nSPS) is 15.2.